The predicted molar refractivity (Wildman–Crippen MR) is 93.7 cm³/mol. The summed E-state index contributed by atoms with van der Waals surface area (Å²) in [5.41, 5.74) is 2.06. The van der Waals surface area contributed by atoms with Crippen LogP contribution in [0.5, 0.6) is 0 Å². The van der Waals surface area contributed by atoms with Gasteiger partial charge in [0.05, 0.1) is 11.7 Å². The number of nitrogens with zero attached hydrogens (tertiary/aromatic N) is 5. The standard InChI is InChI=1S/C17H23F3N6O2/c1-10-13(11(2)22-21-10)4-5-14(27)25-8-6-12(7-9-25)26-16(28)24(3)15(23-26)17(18,19)20/h12H,4-9H2,1-3H3,(H,21,22). The number of piperidine rings is 1. The van der Waals surface area contributed by atoms with E-state index >= 15 is 0 Å². The Morgan fingerprint density at radius 3 is 2.39 bits per heavy atom. The molecule has 2 aromatic rings. The summed E-state index contributed by atoms with van der Waals surface area (Å²) in [6.45, 7) is 4.56. The molecule has 1 fully saturated rings. The van der Waals surface area contributed by atoms with E-state index in [1.807, 2.05) is 13.8 Å². The summed E-state index contributed by atoms with van der Waals surface area (Å²) in [5.74, 6) is -1.22. The maximum atomic E-state index is 12.9. The first-order valence-corrected chi connectivity index (χ1v) is 9.10. The van der Waals surface area contributed by atoms with Gasteiger partial charge in [-0.2, -0.15) is 18.3 Å². The number of H-pyrrole nitrogens is 1. The molecule has 11 heteroatoms. The smallest absolute Gasteiger partial charge is 0.343 e. The zero-order valence-electron chi connectivity index (χ0n) is 16.0. The highest BCUT2D eigenvalue weighted by Gasteiger charge is 2.39. The number of carbonyl (C=O) groups is 1. The molecule has 1 amide bonds. The number of aromatic amines is 1. The summed E-state index contributed by atoms with van der Waals surface area (Å²) < 4.78 is 40.2. The Morgan fingerprint density at radius 1 is 1.25 bits per heavy atom. The van der Waals surface area contributed by atoms with Gasteiger partial charge < -0.3 is 4.90 Å². The van der Waals surface area contributed by atoms with Gasteiger partial charge in [0.25, 0.3) is 0 Å². The van der Waals surface area contributed by atoms with Gasteiger partial charge >= 0.3 is 11.9 Å². The molecule has 1 N–H and O–H groups in total. The van der Waals surface area contributed by atoms with Crippen LogP contribution in [-0.2, 0) is 24.4 Å². The number of likely N-dealkylation sites (tertiary alicyclic amines) is 1. The fraction of sp³-hybridized carbons (Fsp3) is 0.647. The molecule has 1 aliphatic rings. The van der Waals surface area contributed by atoms with E-state index in [2.05, 4.69) is 15.3 Å². The van der Waals surface area contributed by atoms with Crippen LogP contribution in [0.2, 0.25) is 0 Å². The van der Waals surface area contributed by atoms with Crippen LogP contribution in [0.15, 0.2) is 4.79 Å². The second kappa shape index (κ2) is 7.44. The van der Waals surface area contributed by atoms with Gasteiger partial charge in [0.1, 0.15) is 0 Å². The third-order valence-corrected chi connectivity index (χ3v) is 5.29. The number of carbonyl (C=O) groups excluding carboxylic acids is 1. The molecule has 3 rings (SSSR count). The van der Waals surface area contributed by atoms with Crippen LogP contribution in [0.1, 0.15) is 48.1 Å². The second-order valence-corrected chi connectivity index (χ2v) is 7.13. The number of rotatable bonds is 4. The molecule has 0 radical (unpaired) electrons. The zero-order valence-corrected chi connectivity index (χ0v) is 16.0. The first-order valence-electron chi connectivity index (χ1n) is 9.10. The van der Waals surface area contributed by atoms with Crippen molar-refractivity contribution in [3.63, 3.8) is 0 Å². The van der Waals surface area contributed by atoms with E-state index in [4.69, 9.17) is 0 Å². The van der Waals surface area contributed by atoms with Crippen molar-refractivity contribution < 1.29 is 18.0 Å². The van der Waals surface area contributed by atoms with Crippen molar-refractivity contribution in [1.82, 2.24) is 29.4 Å². The van der Waals surface area contributed by atoms with Crippen molar-refractivity contribution >= 4 is 5.91 Å². The van der Waals surface area contributed by atoms with Crippen molar-refractivity contribution in [1.29, 1.82) is 0 Å². The number of hydrogen-bond acceptors (Lipinski definition) is 4. The largest absolute Gasteiger partial charge is 0.451 e. The van der Waals surface area contributed by atoms with Gasteiger partial charge in [0, 0.05) is 32.3 Å². The zero-order chi connectivity index (χ0) is 20.6. The van der Waals surface area contributed by atoms with Crippen molar-refractivity contribution in [2.45, 2.75) is 51.7 Å². The maximum absolute atomic E-state index is 12.9. The van der Waals surface area contributed by atoms with Crippen LogP contribution in [0.4, 0.5) is 13.2 Å². The lowest BCUT2D eigenvalue weighted by atomic mass is 10.0. The van der Waals surface area contributed by atoms with E-state index < -0.39 is 23.7 Å². The molecule has 0 aromatic carbocycles. The Hall–Kier alpha value is -2.59. The average Bonchev–Trinajstić information content (AvgIpc) is 3.12. The first kappa shape index (κ1) is 20.2. The van der Waals surface area contributed by atoms with Crippen LogP contribution in [0, 0.1) is 13.8 Å². The van der Waals surface area contributed by atoms with Crippen LogP contribution >= 0.6 is 0 Å². The summed E-state index contributed by atoms with van der Waals surface area (Å²) in [6.07, 6.45) is -2.97. The van der Waals surface area contributed by atoms with Crippen molar-refractivity contribution in [2.75, 3.05) is 13.1 Å². The fourth-order valence-corrected chi connectivity index (χ4v) is 3.63. The molecule has 0 bridgehead atoms. The number of alkyl halides is 3. The van der Waals surface area contributed by atoms with Crippen LogP contribution in [-0.4, -0.2) is 48.4 Å². The molecule has 0 atom stereocenters. The lowest BCUT2D eigenvalue weighted by Crippen LogP contribution is -2.41. The molecule has 0 aliphatic carbocycles. The predicted octanol–water partition coefficient (Wildman–Crippen LogP) is 1.74. The number of amides is 1. The van der Waals surface area contributed by atoms with Gasteiger partial charge in [-0.3, -0.25) is 14.5 Å². The minimum Gasteiger partial charge on any atom is -0.343 e. The minimum atomic E-state index is -4.68. The average molecular weight is 400 g/mol. The molecular weight excluding hydrogens is 377 g/mol. The summed E-state index contributed by atoms with van der Waals surface area (Å²) in [7, 11) is 1.06. The quantitative estimate of drug-likeness (QED) is 0.847. The summed E-state index contributed by atoms with van der Waals surface area (Å²) >= 11 is 0. The Bertz CT molecular complexity index is 899. The lowest BCUT2D eigenvalue weighted by Gasteiger charge is -2.31. The highest BCUT2D eigenvalue weighted by Crippen LogP contribution is 2.28. The number of aromatic nitrogens is 5. The molecule has 1 saturated heterocycles. The SMILES string of the molecule is Cc1n[nH]c(C)c1CCC(=O)N1CCC(n2nc(C(F)(F)F)n(C)c2=O)CC1. The van der Waals surface area contributed by atoms with Gasteiger partial charge in [-0.1, -0.05) is 0 Å². The third-order valence-electron chi connectivity index (χ3n) is 5.29. The lowest BCUT2D eigenvalue weighted by molar-refractivity contribution is -0.147. The van der Waals surface area contributed by atoms with E-state index in [-0.39, 0.29) is 5.91 Å². The van der Waals surface area contributed by atoms with Gasteiger partial charge in [-0.25, -0.2) is 9.48 Å². The molecule has 0 unspecified atom stereocenters. The molecule has 0 saturated carbocycles. The van der Waals surface area contributed by atoms with E-state index in [1.54, 1.807) is 4.90 Å². The monoisotopic (exact) mass is 400 g/mol. The Morgan fingerprint density at radius 2 is 1.89 bits per heavy atom. The maximum Gasteiger partial charge on any atom is 0.451 e. The van der Waals surface area contributed by atoms with E-state index in [9.17, 15) is 22.8 Å². The molecule has 2 aromatic heterocycles. The molecular formula is C17H23F3N6O2. The van der Waals surface area contributed by atoms with Crippen LogP contribution in [0.25, 0.3) is 0 Å². The van der Waals surface area contributed by atoms with Crippen molar-refractivity contribution in [3.05, 3.63) is 33.3 Å². The topological polar surface area (TPSA) is 88.8 Å². The molecule has 28 heavy (non-hydrogen) atoms. The van der Waals surface area contributed by atoms with Crippen molar-refractivity contribution in [3.8, 4) is 0 Å². The minimum absolute atomic E-state index is 0.0113. The molecule has 3 heterocycles. The third kappa shape index (κ3) is 3.83. The normalized spacial score (nSPS) is 16.0. The number of nitrogens with one attached hydrogen (secondary N) is 1. The van der Waals surface area contributed by atoms with Crippen LogP contribution in [0.3, 0.4) is 0 Å². The fourth-order valence-electron chi connectivity index (χ4n) is 3.63. The second-order valence-electron chi connectivity index (χ2n) is 7.13. The van der Waals surface area contributed by atoms with Gasteiger partial charge in [-0.05, 0) is 38.7 Å². The molecule has 0 spiro atoms. The highest BCUT2D eigenvalue weighted by molar-refractivity contribution is 5.76. The van der Waals surface area contributed by atoms with Gasteiger partial charge in [0.15, 0.2) is 0 Å². The van der Waals surface area contributed by atoms with Crippen molar-refractivity contribution in [2.24, 2.45) is 7.05 Å². The summed E-state index contributed by atoms with van der Waals surface area (Å²) in [5, 5.41) is 10.5. The number of hydrogen-bond donors (Lipinski definition) is 1. The Kier molecular flexibility index (Phi) is 5.35. The summed E-state index contributed by atoms with van der Waals surface area (Å²) in [4.78, 5) is 26.3. The van der Waals surface area contributed by atoms with Gasteiger partial charge in [0.2, 0.25) is 11.7 Å². The number of halogens is 3. The Balaban J connectivity index is 1.60. The molecule has 154 valence electrons. The molecule has 8 nitrogen and oxygen atoms in total. The Labute approximate surface area is 159 Å². The first-order chi connectivity index (χ1) is 13.1. The van der Waals surface area contributed by atoms with E-state index in [0.29, 0.717) is 43.3 Å². The van der Waals surface area contributed by atoms with E-state index in [1.165, 1.54) is 0 Å². The van der Waals surface area contributed by atoms with E-state index in [0.717, 1.165) is 28.7 Å². The molecule has 1 aliphatic heterocycles. The summed E-state index contributed by atoms with van der Waals surface area (Å²) in [6, 6.07) is -0.447. The van der Waals surface area contributed by atoms with Crippen LogP contribution < -0.4 is 5.69 Å². The highest BCUT2D eigenvalue weighted by atomic mass is 19.4. The number of aryl methyl sites for hydroxylation is 2. The van der Waals surface area contributed by atoms with Gasteiger partial charge in [-0.15, -0.1) is 5.10 Å².